The van der Waals surface area contributed by atoms with Crippen LogP contribution in [0, 0.1) is 5.92 Å². The van der Waals surface area contributed by atoms with Gasteiger partial charge in [0.25, 0.3) is 0 Å². The molecule has 2 heterocycles. The molecule has 1 atom stereocenters. The molecular weight excluding hydrogens is 293 g/mol. The van der Waals surface area contributed by atoms with Crippen LogP contribution in [0.15, 0.2) is 18.5 Å². The van der Waals surface area contributed by atoms with Crippen LogP contribution in [0.4, 0.5) is 19.0 Å². The molecular formula is C12H12ClF3N4. The Labute approximate surface area is 117 Å². The van der Waals surface area contributed by atoms with E-state index in [9.17, 15) is 13.2 Å². The maximum absolute atomic E-state index is 12.6. The van der Waals surface area contributed by atoms with Gasteiger partial charge in [-0.25, -0.2) is 9.50 Å². The van der Waals surface area contributed by atoms with Gasteiger partial charge in [0.05, 0.1) is 5.38 Å². The van der Waals surface area contributed by atoms with Crippen LogP contribution >= 0.6 is 11.6 Å². The number of hydrogen-bond donors (Lipinski definition) is 1. The van der Waals surface area contributed by atoms with E-state index in [1.54, 1.807) is 0 Å². The molecule has 1 saturated carbocycles. The summed E-state index contributed by atoms with van der Waals surface area (Å²) in [5.41, 5.74) is -0.641. The highest BCUT2D eigenvalue weighted by molar-refractivity contribution is 6.21. The largest absolute Gasteiger partial charge is 0.435 e. The number of anilines is 1. The minimum atomic E-state index is -4.47. The Kier molecular flexibility index (Phi) is 3.24. The van der Waals surface area contributed by atoms with E-state index in [4.69, 9.17) is 11.6 Å². The number of rotatable bonds is 4. The second-order valence-electron chi connectivity index (χ2n) is 4.87. The summed E-state index contributed by atoms with van der Waals surface area (Å²) in [6.07, 6.45) is 0.542. The van der Waals surface area contributed by atoms with Gasteiger partial charge in [0.1, 0.15) is 5.52 Å². The molecule has 1 unspecified atom stereocenters. The third-order valence-corrected chi connectivity index (χ3v) is 3.79. The van der Waals surface area contributed by atoms with Gasteiger partial charge >= 0.3 is 6.18 Å². The summed E-state index contributed by atoms with van der Waals surface area (Å²) in [5.74, 6) is 0.862. The molecule has 1 fully saturated rings. The maximum Gasteiger partial charge on any atom is 0.435 e. The van der Waals surface area contributed by atoms with Crippen molar-refractivity contribution in [2.75, 3.05) is 11.9 Å². The summed E-state index contributed by atoms with van der Waals surface area (Å²) in [5, 5.41) is 6.47. The standard InChI is InChI=1S/C12H12ClF3N4/c13-8(7-1-2-7)6-18-11-9-5-10(12(14,15)16)19-20(9)4-3-17-11/h3-5,7-8H,1-2,6H2,(H,17,18). The lowest BCUT2D eigenvalue weighted by Crippen LogP contribution is -2.17. The quantitative estimate of drug-likeness (QED) is 0.882. The van der Waals surface area contributed by atoms with Crippen LogP contribution in [-0.4, -0.2) is 26.5 Å². The number of halogens is 4. The summed E-state index contributed by atoms with van der Waals surface area (Å²) in [7, 11) is 0. The molecule has 0 bridgehead atoms. The maximum atomic E-state index is 12.6. The normalized spacial score (nSPS) is 17.4. The zero-order chi connectivity index (χ0) is 14.3. The van der Waals surface area contributed by atoms with Gasteiger partial charge in [0, 0.05) is 25.0 Å². The highest BCUT2D eigenvalue weighted by Gasteiger charge is 2.34. The minimum Gasteiger partial charge on any atom is -0.367 e. The number of hydrogen-bond acceptors (Lipinski definition) is 3. The fourth-order valence-electron chi connectivity index (χ4n) is 2.02. The van der Waals surface area contributed by atoms with Gasteiger partial charge in [-0.3, -0.25) is 0 Å². The molecule has 0 radical (unpaired) electrons. The van der Waals surface area contributed by atoms with Crippen LogP contribution in [0.25, 0.3) is 5.52 Å². The number of aromatic nitrogens is 3. The predicted octanol–water partition coefficient (Wildman–Crippen LogP) is 3.18. The number of nitrogens with one attached hydrogen (secondary N) is 1. The van der Waals surface area contributed by atoms with Crippen molar-refractivity contribution in [2.45, 2.75) is 24.4 Å². The molecule has 2 aromatic heterocycles. The number of nitrogens with zero attached hydrogens (tertiary/aromatic N) is 3. The van der Waals surface area contributed by atoms with Gasteiger partial charge in [-0.15, -0.1) is 11.6 Å². The second kappa shape index (κ2) is 4.80. The van der Waals surface area contributed by atoms with E-state index in [1.165, 1.54) is 16.9 Å². The minimum absolute atomic E-state index is 0.0259. The van der Waals surface area contributed by atoms with Crippen molar-refractivity contribution >= 4 is 22.9 Å². The molecule has 4 nitrogen and oxygen atoms in total. The van der Waals surface area contributed by atoms with Crippen LogP contribution in [0.1, 0.15) is 18.5 Å². The van der Waals surface area contributed by atoms with Gasteiger partial charge in [0.2, 0.25) is 0 Å². The lowest BCUT2D eigenvalue weighted by molar-refractivity contribution is -0.141. The Morgan fingerprint density at radius 2 is 2.20 bits per heavy atom. The Hall–Kier alpha value is -1.50. The van der Waals surface area contributed by atoms with Gasteiger partial charge in [-0.2, -0.15) is 18.3 Å². The molecule has 1 N–H and O–H groups in total. The first-order valence-electron chi connectivity index (χ1n) is 6.24. The lowest BCUT2D eigenvalue weighted by atomic mass is 10.3. The van der Waals surface area contributed by atoms with Crippen LogP contribution in [0.2, 0.25) is 0 Å². The summed E-state index contributed by atoms with van der Waals surface area (Å²) >= 11 is 6.16. The van der Waals surface area contributed by atoms with Gasteiger partial charge < -0.3 is 5.32 Å². The highest BCUT2D eigenvalue weighted by Crippen LogP contribution is 2.36. The molecule has 0 saturated heterocycles. The number of alkyl halides is 4. The first kappa shape index (κ1) is 13.5. The fraction of sp³-hybridized carbons (Fsp3) is 0.500. The Bertz CT molecular complexity index is 621. The summed E-state index contributed by atoms with van der Waals surface area (Å²) in [6.45, 7) is 0.478. The Balaban J connectivity index is 1.84. The number of fused-ring (bicyclic) bond motifs is 1. The van der Waals surface area contributed by atoms with E-state index < -0.39 is 11.9 Å². The van der Waals surface area contributed by atoms with Crippen LogP contribution in [0.3, 0.4) is 0 Å². The molecule has 0 spiro atoms. The molecule has 1 aliphatic rings. The van der Waals surface area contributed by atoms with Crippen molar-refractivity contribution in [2.24, 2.45) is 5.92 Å². The molecule has 0 aliphatic heterocycles. The van der Waals surface area contributed by atoms with Crippen molar-refractivity contribution in [3.63, 3.8) is 0 Å². The SMILES string of the molecule is FC(F)(F)c1cc2c(NCC(Cl)C3CC3)nccn2n1. The fourth-order valence-corrected chi connectivity index (χ4v) is 2.34. The molecule has 108 valence electrons. The third-order valence-electron chi connectivity index (χ3n) is 3.28. The molecule has 20 heavy (non-hydrogen) atoms. The molecule has 1 aliphatic carbocycles. The third kappa shape index (κ3) is 2.67. The first-order valence-corrected chi connectivity index (χ1v) is 6.68. The zero-order valence-corrected chi connectivity index (χ0v) is 11.1. The van der Waals surface area contributed by atoms with Gasteiger partial charge in [-0.05, 0) is 18.8 Å². The summed E-state index contributed by atoms with van der Waals surface area (Å²) in [4.78, 5) is 4.06. The van der Waals surface area contributed by atoms with E-state index in [0.29, 0.717) is 23.8 Å². The van der Waals surface area contributed by atoms with Crippen molar-refractivity contribution in [1.29, 1.82) is 0 Å². The van der Waals surface area contributed by atoms with Gasteiger partial charge in [0.15, 0.2) is 11.5 Å². The van der Waals surface area contributed by atoms with E-state index in [1.807, 2.05) is 0 Å². The van der Waals surface area contributed by atoms with Crippen molar-refractivity contribution in [1.82, 2.24) is 14.6 Å². The van der Waals surface area contributed by atoms with E-state index in [-0.39, 0.29) is 5.38 Å². The van der Waals surface area contributed by atoms with E-state index >= 15 is 0 Å². The van der Waals surface area contributed by atoms with Crippen LogP contribution in [-0.2, 0) is 6.18 Å². The van der Waals surface area contributed by atoms with Gasteiger partial charge in [-0.1, -0.05) is 0 Å². The van der Waals surface area contributed by atoms with Crippen molar-refractivity contribution < 1.29 is 13.2 Å². The smallest absolute Gasteiger partial charge is 0.367 e. The average molecular weight is 305 g/mol. The predicted molar refractivity (Wildman–Crippen MR) is 68.8 cm³/mol. The Morgan fingerprint density at radius 1 is 1.45 bits per heavy atom. The first-order chi connectivity index (χ1) is 9.45. The topological polar surface area (TPSA) is 42.2 Å². The van der Waals surface area contributed by atoms with Crippen molar-refractivity contribution in [3.8, 4) is 0 Å². The summed E-state index contributed by atoms with van der Waals surface area (Å²) in [6, 6.07) is 0.982. The van der Waals surface area contributed by atoms with Crippen LogP contribution < -0.4 is 5.32 Å². The van der Waals surface area contributed by atoms with Crippen molar-refractivity contribution in [3.05, 3.63) is 24.2 Å². The Morgan fingerprint density at radius 3 is 2.85 bits per heavy atom. The van der Waals surface area contributed by atoms with Crippen LogP contribution in [0.5, 0.6) is 0 Å². The molecule has 3 rings (SSSR count). The second-order valence-corrected chi connectivity index (χ2v) is 5.43. The average Bonchev–Trinajstić information content (AvgIpc) is 3.13. The lowest BCUT2D eigenvalue weighted by Gasteiger charge is -2.10. The molecule has 2 aromatic rings. The van der Waals surface area contributed by atoms with E-state index in [2.05, 4.69) is 15.4 Å². The zero-order valence-electron chi connectivity index (χ0n) is 10.4. The molecule has 0 aromatic carbocycles. The van der Waals surface area contributed by atoms with E-state index in [0.717, 1.165) is 18.9 Å². The monoisotopic (exact) mass is 304 g/mol. The molecule has 0 amide bonds. The molecule has 8 heteroatoms. The summed E-state index contributed by atoms with van der Waals surface area (Å²) < 4.78 is 39.1. The highest BCUT2D eigenvalue weighted by atomic mass is 35.5.